The third-order valence-corrected chi connectivity index (χ3v) is 6.25. The summed E-state index contributed by atoms with van der Waals surface area (Å²) in [5.41, 5.74) is 3.09. The molecule has 32 heavy (non-hydrogen) atoms. The first kappa shape index (κ1) is 25.4. The quantitative estimate of drug-likeness (QED) is 0.592. The van der Waals surface area contributed by atoms with Gasteiger partial charge in [0, 0.05) is 13.1 Å². The molecule has 0 heterocycles. The summed E-state index contributed by atoms with van der Waals surface area (Å²) in [5.74, 6) is -0.687. The molecule has 0 bridgehead atoms. The van der Waals surface area contributed by atoms with Gasteiger partial charge in [0.05, 0.1) is 11.9 Å². The fourth-order valence-electron chi connectivity index (χ4n) is 3.70. The Morgan fingerprint density at radius 3 is 2.09 bits per heavy atom. The Balaban J connectivity index is 2.44. The molecular weight excluding hydrogens is 426 g/mol. The molecule has 0 aliphatic rings. The lowest BCUT2D eigenvalue weighted by Gasteiger charge is -2.33. The number of rotatable bonds is 10. The Bertz CT molecular complexity index is 1020. The van der Waals surface area contributed by atoms with Gasteiger partial charge in [-0.1, -0.05) is 43.3 Å². The van der Waals surface area contributed by atoms with Crippen molar-refractivity contribution in [2.45, 2.75) is 46.7 Å². The monoisotopic (exact) mass is 459 g/mol. The number of sulfonamides is 1. The smallest absolute Gasteiger partial charge is 0.244 e. The number of amides is 2. The summed E-state index contributed by atoms with van der Waals surface area (Å²) in [4.78, 5) is 27.7. The average molecular weight is 460 g/mol. The number of carbonyl (C=O) groups excluding carboxylic acids is 2. The molecule has 2 aromatic rings. The summed E-state index contributed by atoms with van der Waals surface area (Å²) < 4.78 is 26.4. The molecule has 1 N–H and O–H groups in total. The molecular formula is C24H33N3O4S. The molecule has 0 radical (unpaired) electrons. The SMILES string of the molecule is CCNC(=O)C(CC)N(Cc1ccccc1)C(=O)CN(c1cc(C)cc(C)c1)S(C)(=O)=O. The van der Waals surface area contributed by atoms with Crippen LogP contribution in [0.25, 0.3) is 0 Å². The van der Waals surface area contributed by atoms with Crippen LogP contribution in [-0.2, 0) is 26.2 Å². The molecule has 7 nitrogen and oxygen atoms in total. The maximum Gasteiger partial charge on any atom is 0.244 e. The van der Waals surface area contributed by atoms with Crippen LogP contribution in [0, 0.1) is 13.8 Å². The van der Waals surface area contributed by atoms with E-state index in [4.69, 9.17) is 0 Å². The van der Waals surface area contributed by atoms with Gasteiger partial charge in [-0.15, -0.1) is 0 Å². The van der Waals surface area contributed by atoms with Crippen molar-refractivity contribution >= 4 is 27.5 Å². The van der Waals surface area contributed by atoms with Crippen LogP contribution >= 0.6 is 0 Å². The van der Waals surface area contributed by atoms with Gasteiger partial charge in [-0.3, -0.25) is 13.9 Å². The Morgan fingerprint density at radius 1 is 1.00 bits per heavy atom. The first-order valence-corrected chi connectivity index (χ1v) is 12.6. The molecule has 0 fully saturated rings. The number of anilines is 1. The van der Waals surface area contributed by atoms with E-state index in [-0.39, 0.29) is 19.0 Å². The van der Waals surface area contributed by atoms with Crippen LogP contribution in [0.3, 0.4) is 0 Å². The fourth-order valence-corrected chi connectivity index (χ4v) is 4.53. The highest BCUT2D eigenvalue weighted by atomic mass is 32.2. The van der Waals surface area contributed by atoms with Crippen molar-refractivity contribution < 1.29 is 18.0 Å². The van der Waals surface area contributed by atoms with E-state index in [1.54, 1.807) is 12.1 Å². The van der Waals surface area contributed by atoms with Crippen molar-refractivity contribution in [1.82, 2.24) is 10.2 Å². The van der Waals surface area contributed by atoms with Crippen LogP contribution in [0.4, 0.5) is 5.69 Å². The second-order valence-electron chi connectivity index (χ2n) is 7.94. The second kappa shape index (κ2) is 11.1. The summed E-state index contributed by atoms with van der Waals surface area (Å²) in [6, 6.07) is 14.1. The van der Waals surface area contributed by atoms with Crippen molar-refractivity contribution in [3.63, 3.8) is 0 Å². The molecule has 174 valence electrons. The number of nitrogens with zero attached hydrogens (tertiary/aromatic N) is 2. The van der Waals surface area contributed by atoms with Gasteiger partial charge >= 0.3 is 0 Å². The van der Waals surface area contributed by atoms with Gasteiger partial charge in [0.25, 0.3) is 0 Å². The Kier molecular flexibility index (Phi) is 8.83. The zero-order valence-corrected chi connectivity index (χ0v) is 20.3. The molecule has 8 heteroatoms. The van der Waals surface area contributed by atoms with Crippen molar-refractivity contribution in [3.05, 3.63) is 65.2 Å². The van der Waals surface area contributed by atoms with Gasteiger partial charge in [-0.05, 0) is 56.0 Å². The number of benzene rings is 2. The number of hydrogen-bond donors (Lipinski definition) is 1. The van der Waals surface area contributed by atoms with Crippen LogP contribution in [0.15, 0.2) is 48.5 Å². The van der Waals surface area contributed by atoms with E-state index in [0.717, 1.165) is 27.3 Å². The minimum absolute atomic E-state index is 0.208. The topological polar surface area (TPSA) is 86.8 Å². The van der Waals surface area contributed by atoms with E-state index in [1.807, 2.05) is 64.1 Å². The molecule has 0 aliphatic carbocycles. The van der Waals surface area contributed by atoms with Crippen LogP contribution in [0.2, 0.25) is 0 Å². The van der Waals surface area contributed by atoms with Crippen LogP contribution < -0.4 is 9.62 Å². The van der Waals surface area contributed by atoms with Crippen molar-refractivity contribution in [3.8, 4) is 0 Å². The molecule has 1 unspecified atom stereocenters. The Labute approximate surface area is 191 Å². The van der Waals surface area contributed by atoms with Crippen LogP contribution in [-0.4, -0.2) is 50.5 Å². The molecule has 0 saturated carbocycles. The van der Waals surface area contributed by atoms with Gasteiger partial charge in [0.1, 0.15) is 12.6 Å². The summed E-state index contributed by atoms with van der Waals surface area (Å²) >= 11 is 0. The normalized spacial score (nSPS) is 12.2. The number of carbonyl (C=O) groups is 2. The minimum Gasteiger partial charge on any atom is -0.355 e. The number of aryl methyl sites for hydroxylation is 2. The number of hydrogen-bond acceptors (Lipinski definition) is 4. The lowest BCUT2D eigenvalue weighted by molar-refractivity contribution is -0.140. The third-order valence-electron chi connectivity index (χ3n) is 5.11. The Hall–Kier alpha value is -2.87. The molecule has 2 rings (SSSR count). The zero-order valence-electron chi connectivity index (χ0n) is 19.5. The largest absolute Gasteiger partial charge is 0.355 e. The zero-order chi connectivity index (χ0) is 23.9. The van der Waals surface area contributed by atoms with E-state index in [9.17, 15) is 18.0 Å². The van der Waals surface area contributed by atoms with Gasteiger partial charge in [0.15, 0.2) is 0 Å². The second-order valence-corrected chi connectivity index (χ2v) is 9.85. The number of nitrogens with one attached hydrogen (secondary N) is 1. The lowest BCUT2D eigenvalue weighted by atomic mass is 10.1. The lowest BCUT2D eigenvalue weighted by Crippen LogP contribution is -2.52. The average Bonchev–Trinajstić information content (AvgIpc) is 2.71. The predicted molar refractivity (Wildman–Crippen MR) is 128 cm³/mol. The highest BCUT2D eigenvalue weighted by Crippen LogP contribution is 2.22. The minimum atomic E-state index is -3.73. The van der Waals surface area contributed by atoms with Crippen molar-refractivity contribution in [2.24, 2.45) is 0 Å². The highest BCUT2D eigenvalue weighted by Gasteiger charge is 2.31. The van der Waals surface area contributed by atoms with Crippen molar-refractivity contribution in [2.75, 3.05) is 23.7 Å². The molecule has 0 aliphatic heterocycles. The predicted octanol–water partition coefficient (Wildman–Crippen LogP) is 3.01. The van der Waals surface area contributed by atoms with Gasteiger partial charge < -0.3 is 10.2 Å². The first-order chi connectivity index (χ1) is 15.1. The van der Waals surface area contributed by atoms with E-state index in [1.165, 1.54) is 4.90 Å². The summed E-state index contributed by atoms with van der Waals surface area (Å²) in [6.07, 6.45) is 1.49. The van der Waals surface area contributed by atoms with Gasteiger partial charge in [-0.2, -0.15) is 0 Å². The van der Waals surface area contributed by atoms with Crippen LogP contribution in [0.5, 0.6) is 0 Å². The third kappa shape index (κ3) is 6.82. The molecule has 2 amide bonds. The van der Waals surface area contributed by atoms with E-state index in [2.05, 4.69) is 5.32 Å². The molecule has 0 aromatic heterocycles. The Morgan fingerprint density at radius 2 is 1.59 bits per heavy atom. The molecule has 2 aromatic carbocycles. The van der Waals surface area contributed by atoms with E-state index >= 15 is 0 Å². The first-order valence-electron chi connectivity index (χ1n) is 10.7. The van der Waals surface area contributed by atoms with Gasteiger partial charge in [-0.25, -0.2) is 8.42 Å². The van der Waals surface area contributed by atoms with E-state index in [0.29, 0.717) is 18.7 Å². The summed E-state index contributed by atoms with van der Waals surface area (Å²) in [6.45, 7) is 7.68. The summed E-state index contributed by atoms with van der Waals surface area (Å²) in [7, 11) is -3.73. The fraction of sp³-hybridized carbons (Fsp3) is 0.417. The van der Waals surface area contributed by atoms with Gasteiger partial charge in [0.2, 0.25) is 21.8 Å². The molecule has 0 saturated heterocycles. The standard InChI is InChI=1S/C24H33N3O4S/c1-6-22(24(29)25-7-2)26(16-20-11-9-8-10-12-20)23(28)17-27(32(5,30)31)21-14-18(3)13-19(4)15-21/h8-15,22H,6-7,16-17H2,1-5H3,(H,25,29). The van der Waals surface area contributed by atoms with E-state index < -0.39 is 22.0 Å². The van der Waals surface area contributed by atoms with Crippen molar-refractivity contribution in [1.29, 1.82) is 0 Å². The summed E-state index contributed by atoms with van der Waals surface area (Å²) in [5, 5.41) is 2.78. The maximum atomic E-state index is 13.5. The number of likely N-dealkylation sites (N-methyl/N-ethyl adjacent to an activating group) is 1. The highest BCUT2D eigenvalue weighted by molar-refractivity contribution is 7.92. The maximum absolute atomic E-state index is 13.5. The molecule has 0 spiro atoms. The molecule has 1 atom stereocenters. The van der Waals surface area contributed by atoms with Crippen LogP contribution in [0.1, 0.15) is 37.0 Å².